The summed E-state index contributed by atoms with van der Waals surface area (Å²) >= 11 is 0. The Kier molecular flexibility index (Phi) is 8.04. The van der Waals surface area contributed by atoms with Crippen molar-refractivity contribution in [2.75, 3.05) is 61.6 Å². The lowest BCUT2D eigenvalue weighted by atomic mass is 10.0. The molecule has 2 aliphatic heterocycles. The summed E-state index contributed by atoms with van der Waals surface area (Å²) in [5.74, 6) is -1.17. The highest BCUT2D eigenvalue weighted by Crippen LogP contribution is 2.37. The maximum atomic E-state index is 15.7. The van der Waals surface area contributed by atoms with Crippen LogP contribution in [0.25, 0.3) is 11.1 Å². The number of benzene rings is 1. The van der Waals surface area contributed by atoms with Crippen molar-refractivity contribution in [2.24, 2.45) is 0 Å². The molecule has 2 aromatic heterocycles. The van der Waals surface area contributed by atoms with Gasteiger partial charge in [-0.3, -0.25) is 9.69 Å². The van der Waals surface area contributed by atoms with E-state index < -0.39 is 29.2 Å². The fourth-order valence-corrected chi connectivity index (χ4v) is 5.05. The first kappa shape index (κ1) is 28.6. The van der Waals surface area contributed by atoms with Crippen LogP contribution in [-0.4, -0.2) is 89.3 Å². The highest BCUT2D eigenvalue weighted by atomic mass is 19.4. The molecule has 218 valence electrons. The monoisotopic (exact) mass is 574 g/mol. The Morgan fingerprint density at radius 2 is 1.66 bits per heavy atom. The first-order valence-corrected chi connectivity index (χ1v) is 13.2. The average Bonchev–Trinajstić information content (AvgIpc) is 2.96. The molecule has 1 aromatic carbocycles. The van der Waals surface area contributed by atoms with Gasteiger partial charge in [0.2, 0.25) is 5.95 Å². The number of piperazine rings is 1. The van der Waals surface area contributed by atoms with Crippen LogP contribution in [0.2, 0.25) is 0 Å². The van der Waals surface area contributed by atoms with E-state index in [0.29, 0.717) is 56.6 Å². The van der Waals surface area contributed by atoms with E-state index in [1.54, 1.807) is 0 Å². The van der Waals surface area contributed by atoms with E-state index >= 15 is 4.39 Å². The van der Waals surface area contributed by atoms with Gasteiger partial charge in [0, 0.05) is 68.0 Å². The molecule has 3 aromatic rings. The predicted octanol–water partition coefficient (Wildman–Crippen LogP) is 3.71. The van der Waals surface area contributed by atoms with Crippen molar-refractivity contribution in [3.8, 4) is 11.1 Å². The molecule has 0 saturated carbocycles. The molecule has 10 nitrogen and oxygen atoms in total. The molecule has 0 spiro atoms. The van der Waals surface area contributed by atoms with E-state index in [4.69, 9.17) is 4.74 Å². The zero-order valence-corrected chi connectivity index (χ0v) is 22.8. The molecule has 2 aliphatic rings. The summed E-state index contributed by atoms with van der Waals surface area (Å²) in [7, 11) is 1.99. The Morgan fingerprint density at radius 3 is 2.29 bits per heavy atom. The van der Waals surface area contributed by atoms with Crippen molar-refractivity contribution in [3.63, 3.8) is 0 Å². The summed E-state index contributed by atoms with van der Waals surface area (Å²) in [6, 6.07) is 2.90. The Bertz CT molecular complexity index is 1390. The number of anilines is 3. The number of aromatic nitrogens is 4. The molecule has 5 rings (SSSR count). The van der Waals surface area contributed by atoms with Gasteiger partial charge < -0.3 is 19.9 Å². The zero-order valence-electron chi connectivity index (χ0n) is 22.8. The second kappa shape index (κ2) is 11.5. The van der Waals surface area contributed by atoms with Gasteiger partial charge in [-0.2, -0.15) is 13.2 Å². The molecule has 14 heteroatoms. The van der Waals surface area contributed by atoms with Gasteiger partial charge in [-0.1, -0.05) is 0 Å². The summed E-state index contributed by atoms with van der Waals surface area (Å²) in [6.45, 7) is 7.44. The van der Waals surface area contributed by atoms with E-state index in [1.165, 1.54) is 24.5 Å². The standard InChI is InChI=1S/C27H30F4N8O2/c1-16-13-39(14-17(2)37(16)3)23-9-21(28)19(18-10-33-26(34-11-18)38-4-6-41-7-5-38)8-22(23)36-25(40)20-12-32-15-35-24(20)27(29,30)31/h8-12,15-17H,4-7,13-14H2,1-3H3,(H,36,40). The molecule has 41 heavy (non-hydrogen) atoms. The van der Waals surface area contributed by atoms with E-state index in [0.717, 1.165) is 12.5 Å². The van der Waals surface area contributed by atoms with Gasteiger partial charge in [0.1, 0.15) is 12.1 Å². The van der Waals surface area contributed by atoms with Gasteiger partial charge in [0.05, 0.1) is 30.2 Å². The highest BCUT2D eigenvalue weighted by molar-refractivity contribution is 6.07. The summed E-state index contributed by atoms with van der Waals surface area (Å²) < 4.78 is 61.8. The summed E-state index contributed by atoms with van der Waals surface area (Å²) in [5, 5.41) is 2.57. The third-order valence-corrected chi connectivity index (χ3v) is 7.50. The minimum atomic E-state index is -4.87. The van der Waals surface area contributed by atoms with E-state index in [1.807, 2.05) is 30.7 Å². The van der Waals surface area contributed by atoms with Gasteiger partial charge in [-0.15, -0.1) is 0 Å². The van der Waals surface area contributed by atoms with Gasteiger partial charge >= 0.3 is 6.18 Å². The lowest BCUT2D eigenvalue weighted by Crippen LogP contribution is -2.55. The van der Waals surface area contributed by atoms with Crippen LogP contribution in [0.4, 0.5) is 34.9 Å². The van der Waals surface area contributed by atoms with Crippen LogP contribution >= 0.6 is 0 Å². The lowest BCUT2D eigenvalue weighted by molar-refractivity contribution is -0.141. The number of halogens is 4. The molecular formula is C27H30F4N8O2. The Labute approximate surface area is 234 Å². The first-order valence-electron chi connectivity index (χ1n) is 13.2. The number of morpholine rings is 1. The predicted molar refractivity (Wildman–Crippen MR) is 144 cm³/mol. The van der Waals surface area contributed by atoms with Gasteiger partial charge in [-0.25, -0.2) is 24.3 Å². The summed E-state index contributed by atoms with van der Waals surface area (Å²) in [4.78, 5) is 34.9. The third kappa shape index (κ3) is 6.07. The number of hydrogen-bond donors (Lipinski definition) is 1. The number of carbonyl (C=O) groups is 1. The number of rotatable bonds is 5. The topological polar surface area (TPSA) is 99.6 Å². The number of hydrogen-bond acceptors (Lipinski definition) is 9. The quantitative estimate of drug-likeness (QED) is 0.458. The molecule has 0 bridgehead atoms. The SMILES string of the molecule is CC1CN(c2cc(F)c(-c3cnc(N4CCOCC4)nc3)cc2NC(=O)c2cncnc2C(F)(F)F)CC(C)N1C. The minimum absolute atomic E-state index is 0.0909. The van der Waals surface area contributed by atoms with Crippen LogP contribution in [-0.2, 0) is 10.9 Å². The van der Waals surface area contributed by atoms with Crippen LogP contribution in [0, 0.1) is 5.82 Å². The molecular weight excluding hydrogens is 544 g/mol. The van der Waals surface area contributed by atoms with Crippen molar-refractivity contribution in [1.82, 2.24) is 24.8 Å². The molecule has 1 N–H and O–H groups in total. The van der Waals surface area contributed by atoms with Crippen LogP contribution in [0.5, 0.6) is 0 Å². The average molecular weight is 575 g/mol. The third-order valence-electron chi connectivity index (χ3n) is 7.50. The number of amides is 1. The molecule has 2 atom stereocenters. The van der Waals surface area contributed by atoms with Gasteiger partial charge in [0.15, 0.2) is 5.69 Å². The maximum Gasteiger partial charge on any atom is 0.434 e. The van der Waals surface area contributed by atoms with E-state index in [-0.39, 0.29) is 23.3 Å². The van der Waals surface area contributed by atoms with Crippen LogP contribution in [0.3, 0.4) is 0 Å². The van der Waals surface area contributed by atoms with Gasteiger partial charge in [0.25, 0.3) is 5.91 Å². The molecule has 0 radical (unpaired) electrons. The number of carbonyl (C=O) groups excluding carboxylic acids is 1. The van der Waals surface area contributed by atoms with Crippen molar-refractivity contribution in [1.29, 1.82) is 0 Å². The van der Waals surface area contributed by atoms with E-state index in [2.05, 4.69) is 30.2 Å². The second-order valence-corrected chi connectivity index (χ2v) is 10.2. The Hall–Kier alpha value is -3.91. The van der Waals surface area contributed by atoms with E-state index in [9.17, 15) is 18.0 Å². The molecule has 4 heterocycles. The molecule has 2 fully saturated rings. The molecule has 2 saturated heterocycles. The largest absolute Gasteiger partial charge is 0.434 e. The van der Waals surface area contributed by atoms with Crippen molar-refractivity contribution in [2.45, 2.75) is 32.1 Å². The Morgan fingerprint density at radius 1 is 1.00 bits per heavy atom. The number of nitrogens with zero attached hydrogens (tertiary/aromatic N) is 7. The zero-order chi connectivity index (χ0) is 29.3. The highest BCUT2D eigenvalue weighted by Gasteiger charge is 2.38. The maximum absolute atomic E-state index is 15.7. The second-order valence-electron chi connectivity index (χ2n) is 10.2. The normalized spacial score (nSPS) is 20.3. The molecule has 2 unspecified atom stereocenters. The fourth-order valence-electron chi connectivity index (χ4n) is 5.05. The smallest absolute Gasteiger partial charge is 0.378 e. The fraction of sp³-hybridized carbons (Fsp3) is 0.444. The number of alkyl halides is 3. The van der Waals surface area contributed by atoms with Crippen molar-refractivity contribution < 1.29 is 27.1 Å². The van der Waals surface area contributed by atoms with Gasteiger partial charge in [-0.05, 0) is 33.0 Å². The summed E-state index contributed by atoms with van der Waals surface area (Å²) in [6.07, 6.45) is -0.362. The number of nitrogens with one attached hydrogen (secondary N) is 1. The van der Waals surface area contributed by atoms with Crippen LogP contribution in [0.15, 0.2) is 37.1 Å². The first-order chi connectivity index (χ1) is 19.5. The molecule has 0 aliphatic carbocycles. The number of likely N-dealkylation sites (N-methyl/N-ethyl adjacent to an activating group) is 1. The molecule has 1 amide bonds. The van der Waals surface area contributed by atoms with Crippen molar-refractivity contribution in [3.05, 3.63) is 54.1 Å². The lowest BCUT2D eigenvalue weighted by Gasteiger charge is -2.44. The van der Waals surface area contributed by atoms with Crippen molar-refractivity contribution >= 4 is 23.2 Å². The Balaban J connectivity index is 1.53. The van der Waals surface area contributed by atoms with Crippen LogP contribution in [0.1, 0.15) is 29.9 Å². The number of ether oxygens (including phenoxy) is 1. The summed E-state index contributed by atoms with van der Waals surface area (Å²) in [5.41, 5.74) is -1.17. The minimum Gasteiger partial charge on any atom is -0.378 e. The van der Waals surface area contributed by atoms with Crippen LogP contribution < -0.4 is 15.1 Å².